The number of amides is 1. The average Bonchev–Trinajstić information content (AvgIpc) is 2.83. The fourth-order valence-electron chi connectivity index (χ4n) is 1.71. The van der Waals surface area contributed by atoms with Crippen molar-refractivity contribution in [1.82, 2.24) is 9.78 Å². The number of anilines is 1. The Bertz CT molecular complexity index is 563. The Morgan fingerprint density at radius 1 is 1.35 bits per heavy atom. The van der Waals surface area contributed by atoms with Gasteiger partial charge in [-0.3, -0.25) is 9.48 Å². The van der Waals surface area contributed by atoms with E-state index in [4.69, 9.17) is 10.5 Å². The van der Waals surface area contributed by atoms with E-state index in [0.717, 1.165) is 17.1 Å². The maximum Gasteiger partial charge on any atom is 0.220 e. The summed E-state index contributed by atoms with van der Waals surface area (Å²) in [7, 11) is 1.91. The average molecular weight is 274 g/mol. The van der Waals surface area contributed by atoms with Crippen LogP contribution in [0.1, 0.15) is 12.1 Å². The van der Waals surface area contributed by atoms with Gasteiger partial charge in [-0.1, -0.05) is 0 Å². The molecule has 20 heavy (non-hydrogen) atoms. The lowest BCUT2D eigenvalue weighted by atomic mass is 10.3. The Hall–Kier alpha value is -2.50. The van der Waals surface area contributed by atoms with E-state index in [1.165, 1.54) is 0 Å². The highest BCUT2D eigenvalue weighted by molar-refractivity contribution is 5.73. The molecular weight excluding hydrogens is 256 g/mol. The van der Waals surface area contributed by atoms with Crippen molar-refractivity contribution in [2.24, 2.45) is 12.8 Å². The molecule has 0 saturated heterocycles. The maximum absolute atomic E-state index is 10.6. The van der Waals surface area contributed by atoms with Gasteiger partial charge in [-0.2, -0.15) is 5.10 Å². The van der Waals surface area contributed by atoms with Gasteiger partial charge in [0.15, 0.2) is 0 Å². The van der Waals surface area contributed by atoms with E-state index in [1.54, 1.807) is 6.20 Å². The topological polar surface area (TPSA) is 82.2 Å². The highest BCUT2D eigenvalue weighted by Crippen LogP contribution is 2.16. The molecule has 1 heterocycles. The number of hydrogen-bond donors (Lipinski definition) is 2. The number of aromatic nitrogens is 2. The first-order valence-corrected chi connectivity index (χ1v) is 6.37. The normalized spacial score (nSPS) is 10.2. The van der Waals surface area contributed by atoms with Crippen LogP contribution in [0.25, 0.3) is 0 Å². The molecule has 0 unspecified atom stereocenters. The number of rotatable bonds is 7. The Balaban J connectivity index is 1.82. The molecule has 0 bridgehead atoms. The molecule has 1 aromatic heterocycles. The molecule has 6 nitrogen and oxygen atoms in total. The van der Waals surface area contributed by atoms with Gasteiger partial charge in [0.05, 0.1) is 25.3 Å². The lowest BCUT2D eigenvalue weighted by Crippen LogP contribution is -2.14. The fraction of sp³-hybridized carbons (Fsp3) is 0.286. The van der Waals surface area contributed by atoms with E-state index in [2.05, 4.69) is 10.4 Å². The van der Waals surface area contributed by atoms with Crippen LogP contribution in [0.4, 0.5) is 5.69 Å². The highest BCUT2D eigenvalue weighted by atomic mass is 16.5. The van der Waals surface area contributed by atoms with E-state index >= 15 is 0 Å². The molecule has 0 aliphatic carbocycles. The number of carbonyl (C=O) groups is 1. The SMILES string of the molecule is Cn1nccc1CNc1ccc(OCCC(N)=O)cc1. The number of benzene rings is 1. The smallest absolute Gasteiger partial charge is 0.220 e. The lowest BCUT2D eigenvalue weighted by Gasteiger charge is -2.08. The summed E-state index contributed by atoms with van der Waals surface area (Å²) in [5.74, 6) is 0.358. The highest BCUT2D eigenvalue weighted by Gasteiger charge is 2.00. The predicted octanol–water partition coefficient (Wildman–Crippen LogP) is 1.29. The summed E-state index contributed by atoms with van der Waals surface area (Å²) in [4.78, 5) is 10.6. The monoisotopic (exact) mass is 274 g/mol. The minimum absolute atomic E-state index is 0.223. The van der Waals surface area contributed by atoms with Crippen LogP contribution < -0.4 is 15.8 Å². The van der Waals surface area contributed by atoms with Crippen LogP contribution in [0.15, 0.2) is 36.5 Å². The predicted molar refractivity (Wildman–Crippen MR) is 76.3 cm³/mol. The summed E-state index contributed by atoms with van der Waals surface area (Å²) < 4.78 is 7.23. The van der Waals surface area contributed by atoms with Gasteiger partial charge >= 0.3 is 0 Å². The van der Waals surface area contributed by atoms with Crippen LogP contribution in [0.5, 0.6) is 5.75 Å². The second-order valence-corrected chi connectivity index (χ2v) is 4.39. The standard InChI is InChI=1S/C14H18N4O2/c1-18-12(6-8-17-18)10-16-11-2-4-13(5-3-11)20-9-7-14(15)19/h2-6,8,16H,7,9-10H2,1H3,(H2,15,19). The summed E-state index contributed by atoms with van der Waals surface area (Å²) in [5.41, 5.74) is 7.14. The largest absolute Gasteiger partial charge is 0.493 e. The van der Waals surface area contributed by atoms with Crippen molar-refractivity contribution in [3.63, 3.8) is 0 Å². The molecule has 3 N–H and O–H groups in total. The van der Waals surface area contributed by atoms with Gasteiger partial charge in [-0.05, 0) is 30.3 Å². The molecule has 106 valence electrons. The molecule has 2 rings (SSSR count). The molecule has 0 fully saturated rings. The number of ether oxygens (including phenoxy) is 1. The lowest BCUT2D eigenvalue weighted by molar-refractivity contribution is -0.118. The van der Waals surface area contributed by atoms with Crippen LogP contribution in [0, 0.1) is 0 Å². The summed E-state index contributed by atoms with van der Waals surface area (Å²) in [6.07, 6.45) is 1.99. The van der Waals surface area contributed by atoms with E-state index in [1.807, 2.05) is 42.1 Å². The Labute approximate surface area is 117 Å². The maximum atomic E-state index is 10.6. The van der Waals surface area contributed by atoms with E-state index in [-0.39, 0.29) is 12.3 Å². The van der Waals surface area contributed by atoms with E-state index < -0.39 is 0 Å². The molecular formula is C14H18N4O2. The fourth-order valence-corrected chi connectivity index (χ4v) is 1.71. The number of carbonyl (C=O) groups excluding carboxylic acids is 1. The van der Waals surface area contributed by atoms with Crippen molar-refractivity contribution in [3.8, 4) is 5.75 Å². The molecule has 1 aromatic carbocycles. The Morgan fingerprint density at radius 2 is 2.10 bits per heavy atom. The molecule has 1 amide bonds. The number of primary amides is 1. The number of hydrogen-bond acceptors (Lipinski definition) is 4. The first-order valence-electron chi connectivity index (χ1n) is 6.37. The van der Waals surface area contributed by atoms with Crippen molar-refractivity contribution in [2.75, 3.05) is 11.9 Å². The van der Waals surface area contributed by atoms with Crippen molar-refractivity contribution in [2.45, 2.75) is 13.0 Å². The molecule has 2 aromatic rings. The Morgan fingerprint density at radius 3 is 2.70 bits per heavy atom. The summed E-state index contributed by atoms with van der Waals surface area (Å²) in [6.45, 7) is 1.01. The minimum Gasteiger partial charge on any atom is -0.493 e. The molecule has 0 aliphatic rings. The van der Waals surface area contributed by atoms with E-state index in [9.17, 15) is 4.79 Å². The molecule has 0 atom stereocenters. The minimum atomic E-state index is -0.362. The zero-order valence-electron chi connectivity index (χ0n) is 11.4. The first kappa shape index (κ1) is 13.9. The summed E-state index contributed by atoms with van der Waals surface area (Å²) in [5, 5.41) is 7.41. The summed E-state index contributed by atoms with van der Waals surface area (Å²) >= 11 is 0. The second-order valence-electron chi connectivity index (χ2n) is 4.39. The first-order chi connectivity index (χ1) is 9.65. The zero-order chi connectivity index (χ0) is 14.4. The molecule has 0 aliphatic heterocycles. The van der Waals surface area contributed by atoms with Gasteiger partial charge in [-0.15, -0.1) is 0 Å². The molecule has 6 heteroatoms. The number of aryl methyl sites for hydroxylation is 1. The third kappa shape index (κ3) is 4.01. The summed E-state index contributed by atoms with van der Waals surface area (Å²) in [6, 6.07) is 9.53. The van der Waals surface area contributed by atoms with Gasteiger partial charge in [-0.25, -0.2) is 0 Å². The molecule has 0 spiro atoms. The zero-order valence-corrected chi connectivity index (χ0v) is 11.4. The van der Waals surface area contributed by atoms with Gasteiger partial charge in [0.1, 0.15) is 5.75 Å². The van der Waals surface area contributed by atoms with Crippen molar-refractivity contribution >= 4 is 11.6 Å². The van der Waals surface area contributed by atoms with Gasteiger partial charge < -0.3 is 15.8 Å². The van der Waals surface area contributed by atoms with Gasteiger partial charge in [0.25, 0.3) is 0 Å². The number of nitrogens with one attached hydrogen (secondary N) is 1. The third-order valence-corrected chi connectivity index (χ3v) is 2.87. The van der Waals surface area contributed by atoms with Gasteiger partial charge in [0, 0.05) is 18.9 Å². The molecule has 0 radical (unpaired) electrons. The van der Waals surface area contributed by atoms with E-state index in [0.29, 0.717) is 13.2 Å². The molecule has 0 saturated carbocycles. The number of nitrogens with two attached hydrogens (primary N) is 1. The second kappa shape index (κ2) is 6.60. The van der Waals surface area contributed by atoms with Crippen molar-refractivity contribution in [3.05, 3.63) is 42.2 Å². The van der Waals surface area contributed by atoms with Crippen LogP contribution in [-0.4, -0.2) is 22.3 Å². The Kier molecular flexibility index (Phi) is 4.60. The van der Waals surface area contributed by atoms with Crippen molar-refractivity contribution in [1.29, 1.82) is 0 Å². The number of nitrogens with zero attached hydrogens (tertiary/aromatic N) is 2. The quantitative estimate of drug-likeness (QED) is 0.797. The van der Waals surface area contributed by atoms with Crippen LogP contribution in [-0.2, 0) is 18.4 Å². The third-order valence-electron chi connectivity index (χ3n) is 2.87. The van der Waals surface area contributed by atoms with Crippen molar-refractivity contribution < 1.29 is 9.53 Å². The van der Waals surface area contributed by atoms with Crippen LogP contribution in [0.2, 0.25) is 0 Å². The van der Waals surface area contributed by atoms with Crippen LogP contribution in [0.3, 0.4) is 0 Å². The van der Waals surface area contributed by atoms with Gasteiger partial charge in [0.2, 0.25) is 5.91 Å². The van der Waals surface area contributed by atoms with Crippen LogP contribution >= 0.6 is 0 Å².